The fourth-order valence-electron chi connectivity index (χ4n) is 1.98. The highest BCUT2D eigenvalue weighted by Gasteiger charge is 2.25. The van der Waals surface area contributed by atoms with Crippen LogP contribution >= 0.6 is 0 Å². The van der Waals surface area contributed by atoms with Gasteiger partial charge in [0.1, 0.15) is 0 Å². The van der Waals surface area contributed by atoms with Gasteiger partial charge in [0.25, 0.3) is 0 Å². The molecule has 2 aliphatic rings. The summed E-state index contributed by atoms with van der Waals surface area (Å²) >= 11 is 0. The van der Waals surface area contributed by atoms with E-state index >= 15 is 0 Å². The van der Waals surface area contributed by atoms with Crippen molar-refractivity contribution in [2.24, 2.45) is 5.92 Å². The molecule has 1 N–H and O–H groups in total. The van der Waals surface area contributed by atoms with Gasteiger partial charge in [-0.25, -0.2) is 0 Å². The lowest BCUT2D eigenvalue weighted by Gasteiger charge is -2.33. The minimum Gasteiger partial charge on any atom is -0.381 e. The highest BCUT2D eigenvalue weighted by atomic mass is 16.5. The lowest BCUT2D eigenvalue weighted by atomic mass is 9.93. The second-order valence-corrected chi connectivity index (χ2v) is 3.56. The Morgan fingerprint density at radius 1 is 1.08 bits per heavy atom. The van der Waals surface area contributed by atoms with Crippen LogP contribution in [0, 0.1) is 5.92 Å². The standard InChI is InChI=1S/C9H17NO2/c1-4-11-5-2-8(1)9-7-10-3-6-12-9/h8-10H,1-7H2. The fraction of sp³-hybridized carbons (Fsp3) is 1.00. The quantitative estimate of drug-likeness (QED) is 0.619. The average molecular weight is 171 g/mol. The highest BCUT2D eigenvalue weighted by Crippen LogP contribution is 2.21. The molecule has 0 saturated carbocycles. The van der Waals surface area contributed by atoms with E-state index in [9.17, 15) is 0 Å². The molecule has 2 heterocycles. The van der Waals surface area contributed by atoms with E-state index in [1.165, 1.54) is 12.8 Å². The number of ether oxygens (including phenoxy) is 2. The van der Waals surface area contributed by atoms with Crippen LogP contribution in [0.25, 0.3) is 0 Å². The lowest BCUT2D eigenvalue weighted by Crippen LogP contribution is -2.44. The van der Waals surface area contributed by atoms with Gasteiger partial charge in [0.15, 0.2) is 0 Å². The third kappa shape index (κ3) is 1.97. The summed E-state index contributed by atoms with van der Waals surface area (Å²) in [6, 6.07) is 0. The molecule has 0 aromatic heterocycles. The molecule has 3 heteroatoms. The largest absolute Gasteiger partial charge is 0.381 e. The van der Waals surface area contributed by atoms with E-state index in [1.807, 2.05) is 0 Å². The van der Waals surface area contributed by atoms with Crippen molar-refractivity contribution in [3.8, 4) is 0 Å². The van der Waals surface area contributed by atoms with Gasteiger partial charge in [-0.1, -0.05) is 0 Å². The fourth-order valence-corrected chi connectivity index (χ4v) is 1.98. The summed E-state index contributed by atoms with van der Waals surface area (Å²) in [5.74, 6) is 0.728. The Morgan fingerprint density at radius 3 is 2.58 bits per heavy atom. The third-order valence-electron chi connectivity index (χ3n) is 2.75. The van der Waals surface area contributed by atoms with Crippen molar-refractivity contribution in [3.05, 3.63) is 0 Å². The summed E-state index contributed by atoms with van der Waals surface area (Å²) in [4.78, 5) is 0. The predicted molar refractivity (Wildman–Crippen MR) is 46.2 cm³/mol. The molecule has 0 aromatic carbocycles. The van der Waals surface area contributed by atoms with Crippen LogP contribution in [0.4, 0.5) is 0 Å². The number of hydrogen-bond donors (Lipinski definition) is 1. The Morgan fingerprint density at radius 2 is 1.92 bits per heavy atom. The Bertz CT molecular complexity index is 112. The third-order valence-corrected chi connectivity index (χ3v) is 2.75. The Labute approximate surface area is 73.4 Å². The molecule has 12 heavy (non-hydrogen) atoms. The Kier molecular flexibility index (Phi) is 2.98. The summed E-state index contributed by atoms with van der Waals surface area (Å²) in [5, 5.41) is 3.37. The highest BCUT2D eigenvalue weighted by molar-refractivity contribution is 4.77. The molecule has 0 aromatic rings. The molecular formula is C9H17NO2. The van der Waals surface area contributed by atoms with Gasteiger partial charge >= 0.3 is 0 Å². The van der Waals surface area contributed by atoms with Gasteiger partial charge in [0.05, 0.1) is 12.7 Å². The summed E-state index contributed by atoms with van der Waals surface area (Å²) in [5.41, 5.74) is 0. The molecule has 0 bridgehead atoms. The maximum atomic E-state index is 5.70. The van der Waals surface area contributed by atoms with Crippen molar-refractivity contribution in [2.75, 3.05) is 32.9 Å². The van der Waals surface area contributed by atoms with Crippen LogP contribution in [0.1, 0.15) is 12.8 Å². The molecule has 0 aliphatic carbocycles. The smallest absolute Gasteiger partial charge is 0.0729 e. The SMILES string of the molecule is C1COC(C2CCOCC2)CN1. The molecule has 3 nitrogen and oxygen atoms in total. The summed E-state index contributed by atoms with van der Waals surface area (Å²) < 4.78 is 11.0. The van der Waals surface area contributed by atoms with Gasteiger partial charge in [-0.15, -0.1) is 0 Å². The van der Waals surface area contributed by atoms with Gasteiger partial charge in [0.2, 0.25) is 0 Å². The lowest BCUT2D eigenvalue weighted by molar-refractivity contribution is -0.0468. The molecule has 2 aliphatic heterocycles. The summed E-state index contributed by atoms with van der Waals surface area (Å²) in [6.45, 7) is 4.77. The van der Waals surface area contributed by atoms with Crippen molar-refractivity contribution in [3.63, 3.8) is 0 Å². The number of nitrogens with one attached hydrogen (secondary N) is 1. The molecule has 2 saturated heterocycles. The Hall–Kier alpha value is -0.120. The minimum absolute atomic E-state index is 0.447. The van der Waals surface area contributed by atoms with Crippen LogP contribution in [0.15, 0.2) is 0 Å². The predicted octanol–water partition coefficient (Wildman–Crippen LogP) is 0.401. The van der Waals surface area contributed by atoms with E-state index in [0.29, 0.717) is 6.10 Å². The summed E-state index contributed by atoms with van der Waals surface area (Å²) in [6.07, 6.45) is 2.79. The van der Waals surface area contributed by atoms with Crippen molar-refractivity contribution in [1.29, 1.82) is 0 Å². The molecule has 0 spiro atoms. The molecule has 1 unspecified atom stereocenters. The van der Waals surface area contributed by atoms with Crippen LogP contribution in [0.2, 0.25) is 0 Å². The van der Waals surface area contributed by atoms with Gasteiger partial charge in [-0.05, 0) is 18.8 Å². The maximum Gasteiger partial charge on any atom is 0.0729 e. The van der Waals surface area contributed by atoms with Crippen LogP contribution in [0.3, 0.4) is 0 Å². The zero-order chi connectivity index (χ0) is 8.23. The first kappa shape index (κ1) is 8.48. The van der Waals surface area contributed by atoms with Crippen molar-refractivity contribution in [2.45, 2.75) is 18.9 Å². The maximum absolute atomic E-state index is 5.70. The van der Waals surface area contributed by atoms with Gasteiger partial charge in [-0.3, -0.25) is 0 Å². The van der Waals surface area contributed by atoms with E-state index in [0.717, 1.165) is 38.8 Å². The monoisotopic (exact) mass is 171 g/mol. The van der Waals surface area contributed by atoms with Crippen molar-refractivity contribution in [1.82, 2.24) is 5.32 Å². The average Bonchev–Trinajstić information content (AvgIpc) is 2.21. The second kappa shape index (κ2) is 4.21. The van der Waals surface area contributed by atoms with Gasteiger partial charge in [-0.2, -0.15) is 0 Å². The van der Waals surface area contributed by atoms with E-state index in [2.05, 4.69) is 5.32 Å². The van der Waals surface area contributed by atoms with E-state index in [-0.39, 0.29) is 0 Å². The van der Waals surface area contributed by atoms with E-state index in [4.69, 9.17) is 9.47 Å². The molecule has 0 amide bonds. The van der Waals surface area contributed by atoms with Gasteiger partial charge < -0.3 is 14.8 Å². The number of hydrogen-bond acceptors (Lipinski definition) is 3. The van der Waals surface area contributed by atoms with Crippen LogP contribution in [-0.2, 0) is 9.47 Å². The zero-order valence-electron chi connectivity index (χ0n) is 7.42. The topological polar surface area (TPSA) is 30.5 Å². The van der Waals surface area contributed by atoms with Crippen LogP contribution in [-0.4, -0.2) is 39.0 Å². The van der Waals surface area contributed by atoms with Gasteiger partial charge in [0, 0.05) is 26.3 Å². The molecule has 1 atom stereocenters. The molecule has 0 radical (unpaired) electrons. The summed E-state index contributed by atoms with van der Waals surface area (Å²) in [7, 11) is 0. The van der Waals surface area contributed by atoms with Crippen molar-refractivity contribution >= 4 is 0 Å². The normalized spacial score (nSPS) is 33.5. The molecule has 2 fully saturated rings. The van der Waals surface area contributed by atoms with Crippen LogP contribution < -0.4 is 5.32 Å². The first-order valence-corrected chi connectivity index (χ1v) is 4.87. The Balaban J connectivity index is 1.80. The number of rotatable bonds is 1. The molecule has 70 valence electrons. The first-order chi connectivity index (χ1) is 5.97. The minimum atomic E-state index is 0.447. The second-order valence-electron chi connectivity index (χ2n) is 3.56. The van der Waals surface area contributed by atoms with Crippen LogP contribution in [0.5, 0.6) is 0 Å². The molecular weight excluding hydrogens is 154 g/mol. The van der Waals surface area contributed by atoms with E-state index < -0.39 is 0 Å². The number of morpholine rings is 1. The zero-order valence-corrected chi connectivity index (χ0v) is 7.42. The van der Waals surface area contributed by atoms with E-state index in [1.54, 1.807) is 0 Å². The molecule has 2 rings (SSSR count). The first-order valence-electron chi connectivity index (χ1n) is 4.87. The van der Waals surface area contributed by atoms with Crippen molar-refractivity contribution < 1.29 is 9.47 Å².